The van der Waals surface area contributed by atoms with Gasteiger partial charge in [-0.05, 0) is 25.1 Å². The molecule has 3 rings (SSSR count). The lowest BCUT2D eigenvalue weighted by Crippen LogP contribution is -2.38. The largest absolute Gasteiger partial charge is 0.337 e. The monoisotopic (exact) mass is 359 g/mol. The van der Waals surface area contributed by atoms with Gasteiger partial charge in [-0.1, -0.05) is 17.9 Å². The Hall–Kier alpha value is -3.05. The second-order valence-corrected chi connectivity index (χ2v) is 5.90. The van der Waals surface area contributed by atoms with E-state index in [1.807, 2.05) is 0 Å². The third-order valence-electron chi connectivity index (χ3n) is 3.45. The van der Waals surface area contributed by atoms with Crippen molar-refractivity contribution in [3.05, 3.63) is 67.8 Å². The number of aromatic nitrogens is 3. The van der Waals surface area contributed by atoms with E-state index in [0.29, 0.717) is 4.57 Å². The molecule has 5 nitrogen and oxygen atoms in total. The number of rotatable bonds is 1. The van der Waals surface area contributed by atoms with Crippen LogP contribution in [0.15, 0.2) is 39.4 Å². The minimum Gasteiger partial charge on any atom is -0.279 e. The predicted molar refractivity (Wildman–Crippen MR) is 92.1 cm³/mol. The van der Waals surface area contributed by atoms with Gasteiger partial charge >= 0.3 is 5.69 Å². The number of allylic oxidation sites excluding steroid dienone is 2. The van der Waals surface area contributed by atoms with Crippen molar-refractivity contribution in [1.29, 1.82) is 0 Å². The fourth-order valence-corrected chi connectivity index (χ4v) is 3.06. The fraction of sp³-hybridized carbons (Fsp3) is 0.118. The third kappa shape index (κ3) is 2.79. The molecule has 8 heteroatoms. The number of nitrogens with zero attached hydrogens (tertiary/aromatic N) is 3. The van der Waals surface area contributed by atoms with Gasteiger partial charge in [0, 0.05) is 12.6 Å². The Morgan fingerprint density at radius 3 is 2.56 bits per heavy atom. The minimum absolute atomic E-state index is 0.0978. The fourth-order valence-electron chi connectivity index (χ4n) is 2.31. The summed E-state index contributed by atoms with van der Waals surface area (Å²) in [7, 11) is 1.38. The summed E-state index contributed by atoms with van der Waals surface area (Å²) >= 11 is 0.995. The molecular formula is C17H11F2N3O2S. The van der Waals surface area contributed by atoms with Gasteiger partial charge in [-0.25, -0.2) is 23.1 Å². The molecule has 0 amide bonds. The number of halogens is 2. The van der Waals surface area contributed by atoms with Crippen LogP contribution in [0.25, 0.3) is 16.0 Å². The number of aryl methyl sites for hydroxylation is 1. The first kappa shape index (κ1) is 16.8. The van der Waals surface area contributed by atoms with Gasteiger partial charge in [-0.3, -0.25) is 9.36 Å². The predicted octanol–water partition coefficient (Wildman–Crippen LogP) is 2.35. The summed E-state index contributed by atoms with van der Waals surface area (Å²) in [5.41, 5.74) is -0.758. The Morgan fingerprint density at radius 1 is 1.24 bits per heavy atom. The lowest BCUT2D eigenvalue weighted by molar-refractivity contribution is 0.559. The summed E-state index contributed by atoms with van der Waals surface area (Å²) < 4.78 is 30.6. The molecule has 0 spiro atoms. The quantitative estimate of drug-likeness (QED) is 0.627. The van der Waals surface area contributed by atoms with Crippen molar-refractivity contribution in [3.63, 3.8) is 0 Å². The standard InChI is InChI=1S/C17H11F2N3O2S/c1-3-4-5-6-10-7-11(18)13(12(19)8-10)22-16(23)14-15(20-9-25-14)21(2)17(22)24/h3-4,7-9H,1-2H3. The van der Waals surface area contributed by atoms with Crippen LogP contribution in [0.4, 0.5) is 8.78 Å². The van der Waals surface area contributed by atoms with Gasteiger partial charge in [-0.2, -0.15) is 0 Å². The molecule has 0 N–H and O–H groups in total. The van der Waals surface area contributed by atoms with Crippen LogP contribution in [0.5, 0.6) is 0 Å². The molecule has 3 aromatic rings. The Morgan fingerprint density at radius 2 is 1.92 bits per heavy atom. The lowest BCUT2D eigenvalue weighted by atomic mass is 10.2. The van der Waals surface area contributed by atoms with Crippen molar-refractivity contribution in [2.24, 2.45) is 7.05 Å². The molecule has 0 bridgehead atoms. The molecule has 126 valence electrons. The van der Waals surface area contributed by atoms with Crippen LogP contribution in [0.2, 0.25) is 0 Å². The third-order valence-corrected chi connectivity index (χ3v) is 4.25. The summed E-state index contributed by atoms with van der Waals surface area (Å²) in [4.78, 5) is 28.9. The molecular weight excluding hydrogens is 348 g/mol. The van der Waals surface area contributed by atoms with Crippen LogP contribution in [-0.2, 0) is 7.05 Å². The van der Waals surface area contributed by atoms with Gasteiger partial charge < -0.3 is 0 Å². The number of hydrogen-bond donors (Lipinski definition) is 0. The minimum atomic E-state index is -1.05. The Bertz CT molecular complexity index is 1170. The normalized spacial score (nSPS) is 11.0. The molecule has 25 heavy (non-hydrogen) atoms. The number of fused-ring (bicyclic) bond motifs is 1. The summed E-state index contributed by atoms with van der Waals surface area (Å²) in [5, 5.41) is 0. The van der Waals surface area contributed by atoms with E-state index in [-0.39, 0.29) is 15.9 Å². The topological polar surface area (TPSA) is 56.9 Å². The summed E-state index contributed by atoms with van der Waals surface area (Å²) in [6.45, 7) is 1.76. The van der Waals surface area contributed by atoms with Gasteiger partial charge in [-0.15, -0.1) is 11.3 Å². The van der Waals surface area contributed by atoms with Crippen LogP contribution >= 0.6 is 11.3 Å². The Kier molecular flexibility index (Phi) is 4.33. The van der Waals surface area contributed by atoms with Crippen molar-refractivity contribution < 1.29 is 8.78 Å². The van der Waals surface area contributed by atoms with Crippen LogP contribution in [0.1, 0.15) is 12.5 Å². The number of hydrogen-bond acceptors (Lipinski definition) is 4. The maximum Gasteiger partial charge on any atom is 0.337 e. The van der Waals surface area contributed by atoms with Crippen molar-refractivity contribution >= 4 is 21.7 Å². The highest BCUT2D eigenvalue weighted by molar-refractivity contribution is 7.16. The molecule has 0 aliphatic rings. The van der Waals surface area contributed by atoms with E-state index in [1.165, 1.54) is 18.6 Å². The molecule has 0 saturated heterocycles. The average Bonchev–Trinajstić information content (AvgIpc) is 3.05. The van der Waals surface area contributed by atoms with Crippen molar-refractivity contribution in [1.82, 2.24) is 14.1 Å². The van der Waals surface area contributed by atoms with Crippen LogP contribution in [0, 0.1) is 23.5 Å². The Balaban J connectivity index is 2.32. The zero-order chi connectivity index (χ0) is 18.1. The average molecular weight is 359 g/mol. The SMILES string of the molecule is CC=CC#Cc1cc(F)c(-n2c(=O)c3scnc3n(C)c2=O)c(F)c1. The summed E-state index contributed by atoms with van der Waals surface area (Å²) in [5.74, 6) is 3.09. The maximum absolute atomic E-state index is 14.5. The van der Waals surface area contributed by atoms with Crippen molar-refractivity contribution in [2.75, 3.05) is 0 Å². The zero-order valence-corrected chi connectivity index (χ0v) is 14.0. The van der Waals surface area contributed by atoms with E-state index in [4.69, 9.17) is 0 Å². The first-order valence-corrected chi connectivity index (χ1v) is 8.01. The van der Waals surface area contributed by atoms with Crippen LogP contribution < -0.4 is 11.2 Å². The van der Waals surface area contributed by atoms with E-state index >= 15 is 0 Å². The lowest BCUT2D eigenvalue weighted by Gasteiger charge is -2.10. The van der Waals surface area contributed by atoms with Crippen molar-refractivity contribution in [2.45, 2.75) is 6.92 Å². The maximum atomic E-state index is 14.5. The van der Waals surface area contributed by atoms with E-state index < -0.39 is 28.6 Å². The summed E-state index contributed by atoms with van der Waals surface area (Å²) in [6, 6.07) is 1.97. The molecule has 0 radical (unpaired) electrons. The van der Waals surface area contributed by atoms with Gasteiger partial charge in [0.05, 0.1) is 5.51 Å². The van der Waals surface area contributed by atoms with E-state index in [1.54, 1.807) is 13.0 Å². The first-order valence-electron chi connectivity index (χ1n) is 7.13. The molecule has 0 saturated carbocycles. The molecule has 0 aliphatic heterocycles. The smallest absolute Gasteiger partial charge is 0.279 e. The molecule has 2 heterocycles. The Labute approximate surface area is 144 Å². The molecule has 0 unspecified atom stereocenters. The van der Waals surface area contributed by atoms with Crippen LogP contribution in [-0.4, -0.2) is 14.1 Å². The highest BCUT2D eigenvalue weighted by atomic mass is 32.1. The zero-order valence-electron chi connectivity index (χ0n) is 13.2. The van der Waals surface area contributed by atoms with E-state index in [9.17, 15) is 18.4 Å². The van der Waals surface area contributed by atoms with Crippen LogP contribution in [0.3, 0.4) is 0 Å². The van der Waals surface area contributed by atoms with Gasteiger partial charge in [0.1, 0.15) is 10.4 Å². The second-order valence-electron chi connectivity index (χ2n) is 5.05. The highest BCUT2D eigenvalue weighted by Gasteiger charge is 2.21. The second kappa shape index (κ2) is 6.45. The van der Waals surface area contributed by atoms with E-state index in [2.05, 4.69) is 16.8 Å². The van der Waals surface area contributed by atoms with Gasteiger partial charge in [0.15, 0.2) is 17.3 Å². The van der Waals surface area contributed by atoms with Crippen molar-refractivity contribution in [3.8, 4) is 17.5 Å². The molecule has 0 fully saturated rings. The van der Waals surface area contributed by atoms with E-state index in [0.717, 1.165) is 28.0 Å². The number of thiazole rings is 1. The van der Waals surface area contributed by atoms with Gasteiger partial charge in [0.2, 0.25) is 0 Å². The molecule has 1 aromatic carbocycles. The highest BCUT2D eigenvalue weighted by Crippen LogP contribution is 2.19. The van der Waals surface area contributed by atoms with Gasteiger partial charge in [0.25, 0.3) is 5.56 Å². The first-order chi connectivity index (χ1) is 12.0. The number of benzene rings is 1. The molecule has 2 aromatic heterocycles. The molecule has 0 atom stereocenters. The molecule has 0 aliphatic carbocycles. The summed E-state index contributed by atoms with van der Waals surface area (Å²) in [6.07, 6.45) is 3.21.